The molecule has 30 heavy (non-hydrogen) atoms. The lowest BCUT2D eigenvalue weighted by molar-refractivity contribution is -0.119. The van der Waals surface area contributed by atoms with E-state index in [9.17, 15) is 14.7 Å². The van der Waals surface area contributed by atoms with Crippen LogP contribution in [0.5, 0.6) is 0 Å². The smallest absolute Gasteiger partial charge is 0.410 e. The third-order valence-corrected chi connectivity index (χ3v) is 5.89. The van der Waals surface area contributed by atoms with E-state index in [1.807, 2.05) is 52.8 Å². The number of fused-ring (bicyclic) bond motifs is 1. The molecule has 3 rings (SSSR count). The van der Waals surface area contributed by atoms with Crippen LogP contribution in [0, 0.1) is 5.92 Å². The average molecular weight is 419 g/mol. The van der Waals surface area contributed by atoms with Gasteiger partial charge in [0.25, 0.3) is 0 Å². The predicted molar refractivity (Wildman–Crippen MR) is 116 cm³/mol. The van der Waals surface area contributed by atoms with Crippen molar-refractivity contribution in [2.45, 2.75) is 65.5 Å². The van der Waals surface area contributed by atoms with Gasteiger partial charge in [-0.15, -0.1) is 0 Å². The van der Waals surface area contributed by atoms with Crippen LogP contribution in [-0.4, -0.2) is 59.5 Å². The van der Waals surface area contributed by atoms with Gasteiger partial charge in [-0.2, -0.15) is 0 Å². The summed E-state index contributed by atoms with van der Waals surface area (Å²) in [5.74, 6) is -0.491. The number of carbonyl (C=O) groups excluding carboxylic acids is 2. The number of ether oxygens (including phenoxy) is 1. The number of amides is 2. The molecule has 1 aromatic rings. The molecule has 2 aliphatic heterocycles. The fraction of sp³-hybridized carbons (Fsp3) is 0.636. The number of nitrogens with zero attached hydrogens (tertiary/aromatic N) is 3. The summed E-state index contributed by atoms with van der Waals surface area (Å²) >= 11 is 0. The Hall–Kier alpha value is -2.32. The van der Waals surface area contributed by atoms with Crippen molar-refractivity contribution in [1.82, 2.24) is 4.90 Å². The number of benzene rings is 1. The second-order valence-electron chi connectivity index (χ2n) is 9.40. The van der Waals surface area contributed by atoms with E-state index in [0.717, 1.165) is 11.3 Å². The molecule has 0 bridgehead atoms. The van der Waals surface area contributed by atoms with Crippen LogP contribution < -0.4 is 15.5 Å². The molecule has 1 fully saturated rings. The van der Waals surface area contributed by atoms with Gasteiger partial charge in [0.2, 0.25) is 5.91 Å². The first-order chi connectivity index (χ1) is 13.9. The molecule has 2 amide bonds. The molecule has 1 aromatic carbocycles. The molecule has 8 heteroatoms. The van der Waals surface area contributed by atoms with Crippen molar-refractivity contribution in [1.29, 1.82) is 0 Å². The highest BCUT2D eigenvalue weighted by Gasteiger charge is 2.38. The fourth-order valence-corrected chi connectivity index (χ4v) is 4.21. The highest BCUT2D eigenvalue weighted by molar-refractivity contribution is 5.94. The van der Waals surface area contributed by atoms with Gasteiger partial charge in [0.05, 0.1) is 5.69 Å². The Morgan fingerprint density at radius 1 is 1.20 bits per heavy atom. The maximum Gasteiger partial charge on any atom is 0.410 e. The van der Waals surface area contributed by atoms with E-state index in [-0.39, 0.29) is 30.0 Å². The number of rotatable bonds is 1. The molecule has 1 saturated heterocycles. The van der Waals surface area contributed by atoms with E-state index in [0.29, 0.717) is 25.3 Å². The summed E-state index contributed by atoms with van der Waals surface area (Å²) in [7, 11) is 0. The van der Waals surface area contributed by atoms with Crippen molar-refractivity contribution in [3.63, 3.8) is 0 Å². The van der Waals surface area contributed by atoms with Crippen LogP contribution in [0.1, 0.15) is 53.1 Å². The van der Waals surface area contributed by atoms with Gasteiger partial charge in [-0.05, 0) is 51.5 Å². The van der Waals surface area contributed by atoms with E-state index in [1.54, 1.807) is 4.90 Å². The van der Waals surface area contributed by atoms with Gasteiger partial charge < -0.3 is 25.4 Å². The summed E-state index contributed by atoms with van der Waals surface area (Å²) in [5.41, 5.74) is 8.38. The van der Waals surface area contributed by atoms with Crippen LogP contribution in [-0.2, 0) is 9.53 Å². The molecule has 3 N–H and O–H groups in total. The molecule has 0 spiro atoms. The van der Waals surface area contributed by atoms with E-state index in [2.05, 4.69) is 4.90 Å². The molecule has 0 aromatic heterocycles. The normalized spacial score (nSPS) is 27.0. The summed E-state index contributed by atoms with van der Waals surface area (Å²) in [6, 6.07) is 5.43. The summed E-state index contributed by atoms with van der Waals surface area (Å²) in [6.07, 6.45) is -1.23. The lowest BCUT2D eigenvalue weighted by Crippen LogP contribution is -2.55. The number of anilines is 2. The minimum absolute atomic E-state index is 0.00669. The molecule has 166 valence electrons. The minimum atomic E-state index is -0.937. The van der Waals surface area contributed by atoms with Crippen LogP contribution in [0.4, 0.5) is 16.2 Å². The van der Waals surface area contributed by atoms with Gasteiger partial charge in [-0.1, -0.05) is 6.92 Å². The second kappa shape index (κ2) is 8.07. The Kier molecular flexibility index (Phi) is 6.02. The Morgan fingerprint density at radius 3 is 2.43 bits per heavy atom. The number of piperazine rings is 1. The SMILES string of the molecule is CC(=O)N1c2ccc(N3CCN(C(=O)OC(C)(C)C)C(C)C3)cc2[C@H](N)[C@@H](C)[C@@H]1O. The maximum atomic E-state index is 12.5. The molecule has 2 heterocycles. The lowest BCUT2D eigenvalue weighted by atomic mass is 9.87. The Bertz CT molecular complexity index is 822. The predicted octanol–water partition coefficient (Wildman–Crippen LogP) is 2.45. The van der Waals surface area contributed by atoms with Gasteiger partial charge in [0.1, 0.15) is 11.8 Å². The maximum absolute atomic E-state index is 12.5. The summed E-state index contributed by atoms with van der Waals surface area (Å²) in [6.45, 7) is 12.8. The standard InChI is InChI=1S/C22H34N4O4/c1-13-12-24(9-10-25(13)21(29)30-22(4,5)6)16-7-8-18-17(11-16)19(23)14(2)20(28)26(18)15(3)27/h7-8,11,13-14,19-20,28H,9-10,12,23H2,1-6H3/t13?,14-,19-,20+/m1/s1. The van der Waals surface area contributed by atoms with Gasteiger partial charge >= 0.3 is 6.09 Å². The largest absolute Gasteiger partial charge is 0.444 e. The van der Waals surface area contributed by atoms with Gasteiger partial charge in [0, 0.05) is 50.2 Å². The van der Waals surface area contributed by atoms with Crippen LogP contribution in [0.3, 0.4) is 0 Å². The van der Waals surface area contributed by atoms with Gasteiger partial charge in [-0.3, -0.25) is 9.69 Å². The van der Waals surface area contributed by atoms with Crippen LogP contribution in [0.2, 0.25) is 0 Å². The Balaban J connectivity index is 1.81. The topological polar surface area (TPSA) is 99.3 Å². The monoisotopic (exact) mass is 418 g/mol. The zero-order chi connectivity index (χ0) is 22.4. The van der Waals surface area contributed by atoms with E-state index >= 15 is 0 Å². The Morgan fingerprint density at radius 2 is 1.87 bits per heavy atom. The Labute approximate surface area is 178 Å². The van der Waals surface area contributed by atoms with Gasteiger partial charge in [0.15, 0.2) is 0 Å². The van der Waals surface area contributed by atoms with E-state index in [4.69, 9.17) is 10.5 Å². The summed E-state index contributed by atoms with van der Waals surface area (Å²) in [5, 5.41) is 10.5. The van der Waals surface area contributed by atoms with Crippen molar-refractivity contribution >= 4 is 23.4 Å². The number of hydrogen-bond acceptors (Lipinski definition) is 6. The van der Waals surface area contributed by atoms with Crippen LogP contribution in [0.15, 0.2) is 18.2 Å². The highest BCUT2D eigenvalue weighted by Crippen LogP contribution is 2.40. The highest BCUT2D eigenvalue weighted by atomic mass is 16.6. The molecule has 0 saturated carbocycles. The molecule has 0 aliphatic carbocycles. The summed E-state index contributed by atoms with van der Waals surface area (Å²) < 4.78 is 5.52. The third-order valence-electron chi connectivity index (χ3n) is 5.89. The minimum Gasteiger partial charge on any atom is -0.444 e. The van der Waals surface area contributed by atoms with Crippen molar-refractivity contribution in [2.75, 3.05) is 29.4 Å². The molecule has 4 atom stereocenters. The molecule has 2 aliphatic rings. The first kappa shape index (κ1) is 22.4. The quantitative estimate of drug-likeness (QED) is 0.727. The molecular formula is C22H34N4O4. The molecule has 1 unspecified atom stereocenters. The first-order valence-corrected chi connectivity index (χ1v) is 10.5. The number of aliphatic hydroxyl groups excluding tert-OH is 1. The second-order valence-corrected chi connectivity index (χ2v) is 9.40. The van der Waals surface area contributed by atoms with E-state index < -0.39 is 11.8 Å². The van der Waals surface area contributed by atoms with Crippen LogP contribution in [0.25, 0.3) is 0 Å². The average Bonchev–Trinajstić information content (AvgIpc) is 2.64. The zero-order valence-electron chi connectivity index (χ0n) is 18.8. The van der Waals surface area contributed by atoms with Crippen LogP contribution >= 0.6 is 0 Å². The van der Waals surface area contributed by atoms with Gasteiger partial charge in [-0.25, -0.2) is 4.79 Å². The third kappa shape index (κ3) is 4.25. The molecule has 8 nitrogen and oxygen atoms in total. The number of hydrogen-bond donors (Lipinski definition) is 2. The number of aliphatic hydroxyl groups is 1. The first-order valence-electron chi connectivity index (χ1n) is 10.5. The zero-order valence-corrected chi connectivity index (χ0v) is 18.8. The summed E-state index contributed by atoms with van der Waals surface area (Å²) in [4.78, 5) is 30.0. The van der Waals surface area contributed by atoms with Crippen molar-refractivity contribution in [2.24, 2.45) is 11.7 Å². The van der Waals surface area contributed by atoms with E-state index in [1.165, 1.54) is 11.8 Å². The van der Waals surface area contributed by atoms with Crippen molar-refractivity contribution in [3.8, 4) is 0 Å². The molecular weight excluding hydrogens is 384 g/mol. The fourth-order valence-electron chi connectivity index (χ4n) is 4.21. The van der Waals surface area contributed by atoms with Crippen molar-refractivity contribution in [3.05, 3.63) is 23.8 Å². The number of nitrogens with two attached hydrogens (primary N) is 1. The lowest BCUT2D eigenvalue weighted by Gasteiger charge is -2.43. The van der Waals surface area contributed by atoms with Crippen molar-refractivity contribution < 1.29 is 19.4 Å². The number of carbonyl (C=O) groups is 2. The molecule has 0 radical (unpaired) electrons.